The van der Waals surface area contributed by atoms with E-state index in [9.17, 15) is 4.79 Å². The van der Waals surface area contributed by atoms with Crippen LogP contribution in [0.2, 0.25) is 0 Å². The van der Waals surface area contributed by atoms with Gasteiger partial charge in [0.25, 0.3) is 5.91 Å². The Morgan fingerprint density at radius 1 is 1.26 bits per heavy atom. The van der Waals surface area contributed by atoms with Crippen molar-refractivity contribution in [1.82, 2.24) is 20.1 Å². The fourth-order valence-electron chi connectivity index (χ4n) is 3.01. The van der Waals surface area contributed by atoms with Crippen LogP contribution < -0.4 is 10.2 Å². The van der Waals surface area contributed by atoms with E-state index in [4.69, 9.17) is 9.15 Å². The van der Waals surface area contributed by atoms with Crippen molar-refractivity contribution in [2.24, 2.45) is 7.05 Å². The molecule has 8 heteroatoms. The van der Waals surface area contributed by atoms with Crippen LogP contribution in [0, 0.1) is 0 Å². The van der Waals surface area contributed by atoms with Crippen LogP contribution in [-0.2, 0) is 18.3 Å². The highest BCUT2D eigenvalue weighted by molar-refractivity contribution is 5.95. The SMILES string of the molecule is Cn1nc(-c2cccc(C(=O)NCc3ccoc3)c2)nc1N1CCOCC1. The molecule has 3 heterocycles. The first kappa shape index (κ1) is 17.3. The van der Waals surface area contributed by atoms with Crippen molar-refractivity contribution < 1.29 is 13.9 Å². The fourth-order valence-corrected chi connectivity index (χ4v) is 3.01. The number of morpholine rings is 1. The highest BCUT2D eigenvalue weighted by atomic mass is 16.5. The number of anilines is 1. The van der Waals surface area contributed by atoms with Gasteiger partial charge in [-0.15, -0.1) is 5.10 Å². The van der Waals surface area contributed by atoms with Crippen molar-refractivity contribution in [3.63, 3.8) is 0 Å². The van der Waals surface area contributed by atoms with Gasteiger partial charge in [-0.2, -0.15) is 4.98 Å². The lowest BCUT2D eigenvalue weighted by molar-refractivity contribution is 0.0951. The molecule has 1 saturated heterocycles. The summed E-state index contributed by atoms with van der Waals surface area (Å²) in [4.78, 5) is 19.3. The number of rotatable bonds is 5. The molecule has 1 aliphatic rings. The number of amides is 1. The molecule has 0 radical (unpaired) electrons. The minimum absolute atomic E-state index is 0.151. The van der Waals surface area contributed by atoms with E-state index in [1.165, 1.54) is 0 Å². The molecular formula is C19H21N5O3. The zero-order valence-electron chi connectivity index (χ0n) is 15.1. The van der Waals surface area contributed by atoms with Gasteiger partial charge in [0.05, 0.1) is 25.7 Å². The average molecular weight is 367 g/mol. The summed E-state index contributed by atoms with van der Waals surface area (Å²) in [6.45, 7) is 3.39. The highest BCUT2D eigenvalue weighted by Gasteiger charge is 2.19. The second-order valence-electron chi connectivity index (χ2n) is 6.35. The molecular weight excluding hydrogens is 346 g/mol. The van der Waals surface area contributed by atoms with Gasteiger partial charge in [0.1, 0.15) is 0 Å². The van der Waals surface area contributed by atoms with E-state index in [0.29, 0.717) is 31.1 Å². The number of aryl methyl sites for hydroxylation is 1. The zero-order valence-corrected chi connectivity index (χ0v) is 15.1. The van der Waals surface area contributed by atoms with Gasteiger partial charge < -0.3 is 19.4 Å². The lowest BCUT2D eigenvalue weighted by Gasteiger charge is -2.26. The van der Waals surface area contributed by atoms with E-state index in [2.05, 4.69) is 20.3 Å². The Bertz CT molecular complexity index is 913. The van der Waals surface area contributed by atoms with E-state index < -0.39 is 0 Å². The monoisotopic (exact) mass is 367 g/mol. The summed E-state index contributed by atoms with van der Waals surface area (Å²) < 4.78 is 12.2. The van der Waals surface area contributed by atoms with Crippen LogP contribution in [0.3, 0.4) is 0 Å². The summed E-state index contributed by atoms with van der Waals surface area (Å²) in [6.07, 6.45) is 3.20. The average Bonchev–Trinajstić information content (AvgIpc) is 3.36. The standard InChI is InChI=1S/C19H21N5O3/c1-23-19(24-6-9-26-10-7-24)21-17(22-23)15-3-2-4-16(11-15)18(25)20-12-14-5-8-27-13-14/h2-5,8,11,13H,6-7,9-10,12H2,1H3,(H,20,25). The number of nitrogens with one attached hydrogen (secondary N) is 1. The normalized spacial score (nSPS) is 14.3. The summed E-state index contributed by atoms with van der Waals surface area (Å²) in [5, 5.41) is 7.40. The maximum absolute atomic E-state index is 12.4. The number of carbonyl (C=O) groups excluding carboxylic acids is 1. The Morgan fingerprint density at radius 3 is 2.89 bits per heavy atom. The van der Waals surface area contributed by atoms with Gasteiger partial charge in [0.2, 0.25) is 5.95 Å². The van der Waals surface area contributed by atoms with Gasteiger partial charge in [-0.3, -0.25) is 4.79 Å². The molecule has 4 rings (SSSR count). The first-order chi connectivity index (χ1) is 13.2. The predicted octanol–water partition coefficient (Wildman–Crippen LogP) is 1.84. The van der Waals surface area contributed by atoms with E-state index in [1.54, 1.807) is 23.3 Å². The van der Waals surface area contributed by atoms with Crippen molar-refractivity contribution in [2.45, 2.75) is 6.54 Å². The summed E-state index contributed by atoms with van der Waals surface area (Å²) in [6, 6.07) is 9.16. The molecule has 0 saturated carbocycles. The third-order valence-corrected chi connectivity index (χ3v) is 4.45. The lowest BCUT2D eigenvalue weighted by Crippen LogP contribution is -2.37. The second-order valence-corrected chi connectivity index (χ2v) is 6.35. The van der Waals surface area contributed by atoms with Crippen LogP contribution in [0.15, 0.2) is 47.3 Å². The van der Waals surface area contributed by atoms with Crippen LogP contribution in [0.5, 0.6) is 0 Å². The largest absolute Gasteiger partial charge is 0.472 e. The molecule has 0 bridgehead atoms. The fraction of sp³-hybridized carbons (Fsp3) is 0.316. The van der Waals surface area contributed by atoms with Gasteiger partial charge in [-0.05, 0) is 18.2 Å². The van der Waals surface area contributed by atoms with E-state index in [1.807, 2.05) is 31.3 Å². The molecule has 1 amide bonds. The van der Waals surface area contributed by atoms with Crippen LogP contribution in [0.25, 0.3) is 11.4 Å². The number of furan rings is 1. The summed E-state index contributed by atoms with van der Waals surface area (Å²) >= 11 is 0. The van der Waals surface area contributed by atoms with E-state index >= 15 is 0 Å². The summed E-state index contributed by atoms with van der Waals surface area (Å²) in [5.41, 5.74) is 2.29. The second kappa shape index (κ2) is 7.63. The molecule has 2 aromatic heterocycles. The smallest absolute Gasteiger partial charge is 0.251 e. The molecule has 3 aromatic rings. The number of aromatic nitrogens is 3. The first-order valence-corrected chi connectivity index (χ1v) is 8.84. The number of hydrogen-bond acceptors (Lipinski definition) is 6. The minimum atomic E-state index is -0.151. The van der Waals surface area contributed by atoms with Gasteiger partial charge >= 0.3 is 0 Å². The van der Waals surface area contributed by atoms with Gasteiger partial charge in [-0.1, -0.05) is 12.1 Å². The maximum Gasteiger partial charge on any atom is 0.251 e. The molecule has 0 spiro atoms. The lowest BCUT2D eigenvalue weighted by atomic mass is 10.1. The van der Waals surface area contributed by atoms with Crippen LogP contribution in [0.4, 0.5) is 5.95 Å². The number of nitrogens with zero attached hydrogens (tertiary/aromatic N) is 4. The molecule has 1 N–H and O–H groups in total. The van der Waals surface area contributed by atoms with Crippen LogP contribution >= 0.6 is 0 Å². The molecule has 140 valence electrons. The number of ether oxygens (including phenoxy) is 1. The van der Waals surface area contributed by atoms with E-state index in [-0.39, 0.29) is 5.91 Å². The molecule has 0 atom stereocenters. The third-order valence-electron chi connectivity index (χ3n) is 4.45. The van der Waals surface area contributed by atoms with Crippen LogP contribution in [-0.4, -0.2) is 47.0 Å². The molecule has 0 unspecified atom stereocenters. The first-order valence-electron chi connectivity index (χ1n) is 8.84. The number of benzene rings is 1. The van der Waals surface area contributed by atoms with Gasteiger partial charge in [-0.25, -0.2) is 4.68 Å². The van der Waals surface area contributed by atoms with Gasteiger partial charge in [0, 0.05) is 43.4 Å². The highest BCUT2D eigenvalue weighted by Crippen LogP contribution is 2.21. The summed E-state index contributed by atoms with van der Waals surface area (Å²) in [7, 11) is 1.88. The van der Waals surface area contributed by atoms with Crippen molar-refractivity contribution >= 4 is 11.9 Å². The Morgan fingerprint density at radius 2 is 2.11 bits per heavy atom. The van der Waals surface area contributed by atoms with Crippen molar-refractivity contribution in [1.29, 1.82) is 0 Å². The predicted molar refractivity (Wildman–Crippen MR) is 99.3 cm³/mol. The molecule has 27 heavy (non-hydrogen) atoms. The van der Waals surface area contributed by atoms with Crippen molar-refractivity contribution in [2.75, 3.05) is 31.2 Å². The third kappa shape index (κ3) is 3.85. The van der Waals surface area contributed by atoms with E-state index in [0.717, 1.165) is 30.2 Å². The Labute approximate surface area is 156 Å². The number of hydrogen-bond donors (Lipinski definition) is 1. The topological polar surface area (TPSA) is 85.4 Å². The minimum Gasteiger partial charge on any atom is -0.472 e. The molecule has 1 aliphatic heterocycles. The molecule has 8 nitrogen and oxygen atoms in total. The Balaban J connectivity index is 1.51. The Hall–Kier alpha value is -3.13. The Kier molecular flexibility index (Phi) is 4.88. The van der Waals surface area contributed by atoms with Crippen molar-refractivity contribution in [3.05, 3.63) is 54.0 Å². The number of carbonyl (C=O) groups is 1. The zero-order chi connectivity index (χ0) is 18.6. The molecule has 1 fully saturated rings. The van der Waals surface area contributed by atoms with Gasteiger partial charge in [0.15, 0.2) is 5.82 Å². The molecule has 0 aliphatic carbocycles. The quantitative estimate of drug-likeness (QED) is 0.741. The summed E-state index contributed by atoms with van der Waals surface area (Å²) in [5.74, 6) is 1.26. The van der Waals surface area contributed by atoms with Crippen LogP contribution in [0.1, 0.15) is 15.9 Å². The maximum atomic E-state index is 12.4. The molecule has 1 aromatic carbocycles. The van der Waals surface area contributed by atoms with Crippen molar-refractivity contribution in [3.8, 4) is 11.4 Å².